The first-order valence-corrected chi connectivity index (χ1v) is 9.50. The number of nitrogens with one attached hydrogen (secondary N) is 2. The fourth-order valence-corrected chi connectivity index (χ4v) is 3.87. The number of piperazine rings is 1. The summed E-state index contributed by atoms with van der Waals surface area (Å²) >= 11 is 0. The third kappa shape index (κ3) is 4.02. The van der Waals surface area contributed by atoms with Crippen LogP contribution in [0.5, 0.6) is 5.75 Å². The summed E-state index contributed by atoms with van der Waals surface area (Å²) in [7, 11) is 1.25. The van der Waals surface area contributed by atoms with Crippen molar-refractivity contribution in [3.05, 3.63) is 23.8 Å². The number of carbonyl (C=O) groups is 3. The predicted molar refractivity (Wildman–Crippen MR) is 102 cm³/mol. The molecule has 0 spiro atoms. The van der Waals surface area contributed by atoms with Gasteiger partial charge in [-0.2, -0.15) is 4.39 Å². The van der Waals surface area contributed by atoms with E-state index in [1.807, 2.05) is 17.1 Å². The van der Waals surface area contributed by atoms with Crippen LogP contribution < -0.4 is 20.3 Å². The van der Waals surface area contributed by atoms with Crippen LogP contribution in [0.1, 0.15) is 20.3 Å². The lowest BCUT2D eigenvalue weighted by Gasteiger charge is -2.42. The van der Waals surface area contributed by atoms with Gasteiger partial charge in [-0.05, 0) is 6.92 Å². The van der Waals surface area contributed by atoms with Gasteiger partial charge in [-0.3, -0.25) is 14.9 Å². The molecule has 0 aromatic heterocycles. The Labute approximate surface area is 172 Å². The van der Waals surface area contributed by atoms with E-state index in [9.17, 15) is 28.3 Å². The lowest BCUT2D eigenvalue weighted by Crippen LogP contribution is -2.56. The molecule has 1 aromatic rings. The molecule has 0 unspecified atom stereocenters. The Kier molecular flexibility index (Phi) is 5.84. The van der Waals surface area contributed by atoms with Gasteiger partial charge >= 0.3 is 6.03 Å². The van der Waals surface area contributed by atoms with E-state index < -0.39 is 35.2 Å². The maximum absolute atomic E-state index is 13.9. The number of aliphatic hydroxyl groups is 1. The second kappa shape index (κ2) is 8.05. The molecule has 3 N–H and O–H groups in total. The zero-order valence-corrected chi connectivity index (χ0v) is 16.9. The highest BCUT2D eigenvalue weighted by atomic mass is 19.2. The highest BCUT2D eigenvalue weighted by molar-refractivity contribution is 6.06. The van der Waals surface area contributed by atoms with Crippen molar-refractivity contribution in [2.75, 3.05) is 31.6 Å². The molecule has 0 bridgehead atoms. The first kappa shape index (κ1) is 21.8. The van der Waals surface area contributed by atoms with Crippen LogP contribution >= 0.6 is 0 Å². The van der Waals surface area contributed by atoms with Gasteiger partial charge in [-0.1, -0.05) is 6.92 Å². The minimum atomic E-state index is -2.12. The Morgan fingerprint density at radius 2 is 2.07 bits per heavy atom. The molecular formula is C19H24F2N4O5. The fourth-order valence-electron chi connectivity index (χ4n) is 3.87. The molecule has 2 aliphatic rings. The summed E-state index contributed by atoms with van der Waals surface area (Å²) in [4.78, 5) is 39.3. The lowest BCUT2D eigenvalue weighted by atomic mass is 9.96. The molecule has 0 aliphatic carbocycles. The largest absolute Gasteiger partial charge is 0.493 e. The van der Waals surface area contributed by atoms with E-state index in [1.165, 1.54) is 13.2 Å². The number of urea groups is 1. The van der Waals surface area contributed by atoms with Crippen molar-refractivity contribution in [1.29, 1.82) is 0 Å². The van der Waals surface area contributed by atoms with E-state index in [0.717, 1.165) is 6.07 Å². The number of hydrogen-bond acceptors (Lipinski definition) is 6. The van der Waals surface area contributed by atoms with Crippen LogP contribution in [0.2, 0.25) is 0 Å². The molecular weight excluding hydrogens is 402 g/mol. The number of carbonyl (C=O) groups excluding carboxylic acids is 3. The topological polar surface area (TPSA) is 111 Å². The molecule has 9 nitrogen and oxygen atoms in total. The van der Waals surface area contributed by atoms with Crippen molar-refractivity contribution in [2.45, 2.75) is 32.0 Å². The number of methoxy groups -OCH3 is 1. The number of imide groups is 1. The van der Waals surface area contributed by atoms with E-state index in [1.54, 1.807) is 11.8 Å². The SMILES string of the molecule is COc1cc(N2CCN(C(=O)[C@H](C)C[C@@]3(O)NC(=O)NC3=O)C[C@@H]2C)cc(F)c1F. The van der Waals surface area contributed by atoms with Crippen LogP contribution in [0, 0.1) is 17.6 Å². The smallest absolute Gasteiger partial charge is 0.324 e. The van der Waals surface area contributed by atoms with Gasteiger partial charge in [0.15, 0.2) is 11.6 Å². The number of amides is 4. The second-order valence-corrected chi connectivity index (χ2v) is 7.64. The highest BCUT2D eigenvalue weighted by Crippen LogP contribution is 2.30. The van der Waals surface area contributed by atoms with Gasteiger partial charge in [-0.25, -0.2) is 9.18 Å². The Morgan fingerprint density at radius 3 is 2.63 bits per heavy atom. The molecule has 11 heteroatoms. The summed E-state index contributed by atoms with van der Waals surface area (Å²) in [5, 5.41) is 14.4. The number of halogens is 2. The summed E-state index contributed by atoms with van der Waals surface area (Å²) in [6.07, 6.45) is -0.266. The van der Waals surface area contributed by atoms with Gasteiger partial charge in [-0.15, -0.1) is 0 Å². The average Bonchev–Trinajstić information content (AvgIpc) is 2.94. The number of hydrogen-bond donors (Lipinski definition) is 3. The van der Waals surface area contributed by atoms with Crippen molar-refractivity contribution >= 4 is 23.5 Å². The number of nitrogens with zero attached hydrogens (tertiary/aromatic N) is 2. The van der Waals surface area contributed by atoms with Gasteiger partial charge in [0.1, 0.15) is 0 Å². The van der Waals surface area contributed by atoms with E-state index in [-0.39, 0.29) is 24.1 Å². The van der Waals surface area contributed by atoms with Crippen LogP contribution in [-0.4, -0.2) is 66.4 Å². The van der Waals surface area contributed by atoms with E-state index >= 15 is 0 Å². The molecule has 30 heavy (non-hydrogen) atoms. The number of ether oxygens (including phenoxy) is 1. The Balaban J connectivity index is 1.66. The quantitative estimate of drug-likeness (QED) is 0.594. The van der Waals surface area contributed by atoms with Gasteiger partial charge in [0.05, 0.1) is 7.11 Å². The third-order valence-corrected chi connectivity index (χ3v) is 5.42. The molecule has 2 aliphatic heterocycles. The van der Waals surface area contributed by atoms with Crippen molar-refractivity contribution in [1.82, 2.24) is 15.5 Å². The minimum Gasteiger partial charge on any atom is -0.493 e. The molecule has 4 amide bonds. The van der Waals surface area contributed by atoms with Crippen LogP contribution in [0.4, 0.5) is 19.3 Å². The van der Waals surface area contributed by atoms with Crippen molar-refractivity contribution in [3.8, 4) is 5.75 Å². The molecule has 3 atom stereocenters. The molecule has 3 rings (SSSR count). The van der Waals surface area contributed by atoms with Gasteiger partial charge in [0, 0.05) is 55.8 Å². The van der Waals surface area contributed by atoms with Crippen LogP contribution in [0.3, 0.4) is 0 Å². The molecule has 164 valence electrons. The van der Waals surface area contributed by atoms with Crippen molar-refractivity contribution in [3.63, 3.8) is 0 Å². The molecule has 1 aromatic carbocycles. The summed E-state index contributed by atoms with van der Waals surface area (Å²) in [5.41, 5.74) is -1.68. The predicted octanol–water partition coefficient (Wildman–Crippen LogP) is 0.565. The monoisotopic (exact) mass is 426 g/mol. The molecule has 0 saturated carbocycles. The Hall–Kier alpha value is -2.95. The zero-order valence-electron chi connectivity index (χ0n) is 16.9. The standard InChI is InChI=1S/C19H24F2N4O5/c1-10(8-19(29)17(27)22-18(28)23-19)16(26)24-4-5-25(11(2)9-24)12-6-13(20)15(21)14(7-12)30-3/h6-7,10-11,29H,4-5,8-9H2,1-3H3,(H2,22,23,27,28)/t10-,11+,19+/m1/s1. The van der Waals surface area contributed by atoms with Crippen LogP contribution in [0.25, 0.3) is 0 Å². The van der Waals surface area contributed by atoms with Crippen LogP contribution in [-0.2, 0) is 9.59 Å². The van der Waals surface area contributed by atoms with Crippen LogP contribution in [0.15, 0.2) is 12.1 Å². The zero-order chi connectivity index (χ0) is 22.2. The Morgan fingerprint density at radius 1 is 1.37 bits per heavy atom. The minimum absolute atomic E-state index is 0.200. The summed E-state index contributed by atoms with van der Waals surface area (Å²) < 4.78 is 32.5. The van der Waals surface area contributed by atoms with Gasteiger partial charge in [0.2, 0.25) is 17.4 Å². The van der Waals surface area contributed by atoms with E-state index in [0.29, 0.717) is 25.3 Å². The maximum atomic E-state index is 13.9. The summed E-state index contributed by atoms with van der Waals surface area (Å²) in [6.45, 7) is 4.40. The number of anilines is 1. The number of benzene rings is 1. The number of rotatable bonds is 5. The lowest BCUT2D eigenvalue weighted by molar-refractivity contribution is -0.144. The molecule has 2 saturated heterocycles. The molecule has 2 heterocycles. The molecule has 0 radical (unpaired) electrons. The van der Waals surface area contributed by atoms with E-state index in [4.69, 9.17) is 4.74 Å². The average molecular weight is 426 g/mol. The third-order valence-electron chi connectivity index (χ3n) is 5.42. The van der Waals surface area contributed by atoms with Gasteiger partial charge in [0.25, 0.3) is 5.91 Å². The maximum Gasteiger partial charge on any atom is 0.324 e. The summed E-state index contributed by atoms with van der Waals surface area (Å²) in [6, 6.07) is 1.48. The van der Waals surface area contributed by atoms with E-state index in [2.05, 4.69) is 5.32 Å². The Bertz CT molecular complexity index is 883. The van der Waals surface area contributed by atoms with Crippen molar-refractivity contribution < 1.29 is 33.0 Å². The highest BCUT2D eigenvalue weighted by Gasteiger charge is 2.47. The van der Waals surface area contributed by atoms with Crippen molar-refractivity contribution in [2.24, 2.45) is 5.92 Å². The second-order valence-electron chi connectivity index (χ2n) is 7.64. The molecule has 2 fully saturated rings. The summed E-state index contributed by atoms with van der Waals surface area (Å²) in [5.74, 6) is -4.19. The normalized spacial score (nSPS) is 25.1. The fraction of sp³-hybridized carbons (Fsp3) is 0.526. The first-order chi connectivity index (χ1) is 14.1. The van der Waals surface area contributed by atoms with Gasteiger partial charge < -0.3 is 25.0 Å². The first-order valence-electron chi connectivity index (χ1n) is 9.50.